The van der Waals surface area contributed by atoms with Gasteiger partial charge in [-0.1, -0.05) is 6.92 Å². The summed E-state index contributed by atoms with van der Waals surface area (Å²) in [6.45, 7) is 6.73. The number of hydrogen-bond acceptors (Lipinski definition) is 4. The van der Waals surface area contributed by atoms with Crippen LogP contribution in [0.4, 0.5) is 0 Å². The number of hydrogen-bond donors (Lipinski definition) is 0. The summed E-state index contributed by atoms with van der Waals surface area (Å²) in [7, 11) is 2.01. The van der Waals surface area contributed by atoms with Gasteiger partial charge in [0.2, 0.25) is 0 Å². The molecule has 0 N–H and O–H groups in total. The van der Waals surface area contributed by atoms with Crippen molar-refractivity contribution < 1.29 is 14.3 Å². The molecule has 0 aliphatic rings. The fourth-order valence-corrected chi connectivity index (χ4v) is 0.737. The second-order valence-electron chi connectivity index (χ2n) is 2.75. The van der Waals surface area contributed by atoms with Crippen LogP contribution in [0.1, 0.15) is 13.8 Å². The highest BCUT2D eigenvalue weighted by Crippen LogP contribution is 1.84. The molecule has 0 bridgehead atoms. The maximum absolute atomic E-state index is 10.8. The van der Waals surface area contributed by atoms with E-state index in [0.29, 0.717) is 13.2 Å². The lowest BCUT2D eigenvalue weighted by atomic mass is 10.5. The van der Waals surface area contributed by atoms with E-state index in [4.69, 9.17) is 9.47 Å². The summed E-state index contributed by atoms with van der Waals surface area (Å²) in [6, 6.07) is 0. The molecule has 0 spiro atoms. The Morgan fingerprint density at radius 2 is 2.08 bits per heavy atom. The van der Waals surface area contributed by atoms with Crippen LogP contribution in [-0.2, 0) is 14.3 Å². The summed E-state index contributed by atoms with van der Waals surface area (Å²) >= 11 is 0. The van der Waals surface area contributed by atoms with Gasteiger partial charge in [-0.05, 0) is 20.5 Å². The van der Waals surface area contributed by atoms with Crippen molar-refractivity contribution in [2.45, 2.75) is 13.8 Å². The maximum Gasteiger partial charge on any atom is 0.332 e. The van der Waals surface area contributed by atoms with E-state index in [1.165, 1.54) is 0 Å². The van der Waals surface area contributed by atoms with Gasteiger partial charge in [-0.2, -0.15) is 0 Å². The minimum Gasteiger partial charge on any atom is -0.464 e. The summed E-state index contributed by atoms with van der Waals surface area (Å²) in [5, 5.41) is 0. The monoisotopic (exact) mass is 189 g/mol. The van der Waals surface area contributed by atoms with Crippen molar-refractivity contribution in [2.24, 2.45) is 0 Å². The molecule has 0 saturated carbocycles. The van der Waals surface area contributed by atoms with Gasteiger partial charge in [-0.15, -0.1) is 0 Å². The molecule has 13 heavy (non-hydrogen) atoms. The standard InChI is InChI=1S/C9H19NO3/c1-4-10(3)6-7-12-8-9(11)13-5-2/h4-8H2,1-3H3. The van der Waals surface area contributed by atoms with Gasteiger partial charge in [0.15, 0.2) is 0 Å². The predicted molar refractivity (Wildman–Crippen MR) is 50.6 cm³/mol. The Kier molecular flexibility index (Phi) is 7.63. The molecule has 0 amide bonds. The molecule has 0 radical (unpaired) electrons. The summed E-state index contributed by atoms with van der Waals surface area (Å²) < 4.78 is 9.80. The molecular formula is C9H19NO3. The number of carbonyl (C=O) groups is 1. The highest BCUT2D eigenvalue weighted by molar-refractivity contribution is 5.70. The highest BCUT2D eigenvalue weighted by Gasteiger charge is 2.01. The first-order valence-electron chi connectivity index (χ1n) is 4.62. The lowest BCUT2D eigenvalue weighted by Gasteiger charge is -2.12. The van der Waals surface area contributed by atoms with E-state index in [1.807, 2.05) is 7.05 Å². The van der Waals surface area contributed by atoms with Crippen molar-refractivity contribution in [1.29, 1.82) is 0 Å². The van der Waals surface area contributed by atoms with Crippen molar-refractivity contribution >= 4 is 5.97 Å². The molecular weight excluding hydrogens is 170 g/mol. The van der Waals surface area contributed by atoms with Crippen LogP contribution >= 0.6 is 0 Å². The lowest BCUT2D eigenvalue weighted by molar-refractivity contribution is -0.148. The molecule has 0 saturated heterocycles. The van der Waals surface area contributed by atoms with Crippen LogP contribution in [0.15, 0.2) is 0 Å². The Morgan fingerprint density at radius 3 is 2.62 bits per heavy atom. The average Bonchev–Trinajstić information content (AvgIpc) is 2.12. The van der Waals surface area contributed by atoms with Crippen molar-refractivity contribution in [1.82, 2.24) is 4.90 Å². The minimum absolute atomic E-state index is 0.0609. The van der Waals surface area contributed by atoms with E-state index in [-0.39, 0.29) is 12.6 Å². The molecule has 0 aromatic carbocycles. The number of nitrogens with zero attached hydrogens (tertiary/aromatic N) is 1. The number of rotatable bonds is 7. The fourth-order valence-electron chi connectivity index (χ4n) is 0.737. The number of esters is 1. The van der Waals surface area contributed by atoms with E-state index >= 15 is 0 Å². The Balaban J connectivity index is 3.20. The van der Waals surface area contributed by atoms with Crippen LogP contribution in [0.2, 0.25) is 0 Å². The molecule has 0 fully saturated rings. The first kappa shape index (κ1) is 12.4. The number of ether oxygens (including phenoxy) is 2. The summed E-state index contributed by atoms with van der Waals surface area (Å²) in [5.74, 6) is -0.290. The molecule has 0 aromatic heterocycles. The Bertz CT molecular complexity index is 139. The van der Waals surface area contributed by atoms with E-state index < -0.39 is 0 Å². The molecule has 0 aliphatic heterocycles. The molecule has 78 valence electrons. The van der Waals surface area contributed by atoms with Crippen LogP contribution < -0.4 is 0 Å². The third-order valence-electron chi connectivity index (χ3n) is 1.68. The van der Waals surface area contributed by atoms with Gasteiger partial charge < -0.3 is 14.4 Å². The summed E-state index contributed by atoms with van der Waals surface area (Å²) in [4.78, 5) is 12.9. The average molecular weight is 189 g/mol. The second kappa shape index (κ2) is 8.01. The van der Waals surface area contributed by atoms with Gasteiger partial charge in [0.05, 0.1) is 13.2 Å². The van der Waals surface area contributed by atoms with Gasteiger partial charge >= 0.3 is 5.97 Å². The molecule has 0 aromatic rings. The molecule has 0 atom stereocenters. The molecule has 0 rings (SSSR count). The van der Waals surface area contributed by atoms with Gasteiger partial charge in [0.1, 0.15) is 6.61 Å². The summed E-state index contributed by atoms with van der Waals surface area (Å²) in [6.07, 6.45) is 0. The third kappa shape index (κ3) is 7.74. The van der Waals surface area contributed by atoms with Crippen LogP contribution in [0.5, 0.6) is 0 Å². The van der Waals surface area contributed by atoms with Crippen molar-refractivity contribution in [3.8, 4) is 0 Å². The minimum atomic E-state index is -0.290. The Hall–Kier alpha value is -0.610. The maximum atomic E-state index is 10.8. The van der Waals surface area contributed by atoms with Gasteiger partial charge in [0.25, 0.3) is 0 Å². The fraction of sp³-hybridized carbons (Fsp3) is 0.889. The van der Waals surface area contributed by atoms with Crippen molar-refractivity contribution in [3.05, 3.63) is 0 Å². The zero-order valence-electron chi connectivity index (χ0n) is 8.71. The SMILES string of the molecule is CCOC(=O)COCCN(C)CC. The Labute approximate surface area is 79.8 Å². The topological polar surface area (TPSA) is 38.8 Å². The first-order valence-corrected chi connectivity index (χ1v) is 4.62. The quantitative estimate of drug-likeness (QED) is 0.432. The van der Waals surface area contributed by atoms with Crippen molar-refractivity contribution in [2.75, 3.05) is 40.0 Å². The van der Waals surface area contributed by atoms with Gasteiger partial charge in [-0.25, -0.2) is 4.79 Å². The predicted octanol–water partition coefficient (Wildman–Crippen LogP) is 0.518. The van der Waals surface area contributed by atoms with Gasteiger partial charge in [-0.3, -0.25) is 0 Å². The molecule has 4 heteroatoms. The zero-order chi connectivity index (χ0) is 10.1. The van der Waals surface area contributed by atoms with E-state index in [0.717, 1.165) is 13.1 Å². The molecule has 0 unspecified atom stereocenters. The van der Waals surface area contributed by atoms with Crippen molar-refractivity contribution in [3.63, 3.8) is 0 Å². The molecule has 4 nitrogen and oxygen atoms in total. The van der Waals surface area contributed by atoms with Gasteiger partial charge in [0, 0.05) is 6.54 Å². The lowest BCUT2D eigenvalue weighted by Crippen LogP contribution is -2.24. The Morgan fingerprint density at radius 1 is 1.38 bits per heavy atom. The normalized spacial score (nSPS) is 10.5. The zero-order valence-corrected chi connectivity index (χ0v) is 8.71. The second-order valence-corrected chi connectivity index (χ2v) is 2.75. The smallest absolute Gasteiger partial charge is 0.332 e. The van der Waals surface area contributed by atoms with Crippen LogP contribution in [0.25, 0.3) is 0 Å². The molecule has 0 heterocycles. The van der Waals surface area contributed by atoms with Crippen LogP contribution in [0, 0.1) is 0 Å². The highest BCUT2D eigenvalue weighted by atomic mass is 16.6. The van der Waals surface area contributed by atoms with E-state index in [2.05, 4.69) is 11.8 Å². The third-order valence-corrected chi connectivity index (χ3v) is 1.68. The van der Waals surface area contributed by atoms with E-state index in [9.17, 15) is 4.79 Å². The molecule has 0 aliphatic carbocycles. The summed E-state index contributed by atoms with van der Waals surface area (Å²) in [5.41, 5.74) is 0. The van der Waals surface area contributed by atoms with Crippen LogP contribution in [0.3, 0.4) is 0 Å². The van der Waals surface area contributed by atoms with E-state index in [1.54, 1.807) is 6.92 Å². The van der Waals surface area contributed by atoms with Crippen LogP contribution in [-0.4, -0.2) is 50.8 Å². The number of carbonyl (C=O) groups excluding carboxylic acids is 1. The largest absolute Gasteiger partial charge is 0.464 e. The number of likely N-dealkylation sites (N-methyl/N-ethyl adjacent to an activating group) is 1. The first-order chi connectivity index (χ1) is 6.20.